The minimum atomic E-state index is -0.266. The Labute approximate surface area is 135 Å². The van der Waals surface area contributed by atoms with Crippen molar-refractivity contribution in [2.45, 2.75) is 32.1 Å². The highest BCUT2D eigenvalue weighted by Gasteiger charge is 2.16. The normalized spacial score (nSPS) is 11.8. The van der Waals surface area contributed by atoms with Crippen LogP contribution in [0, 0.1) is 5.82 Å². The van der Waals surface area contributed by atoms with Crippen molar-refractivity contribution >= 4 is 11.6 Å². The molecule has 5 heteroatoms. The highest BCUT2D eigenvalue weighted by molar-refractivity contribution is 5.91. The van der Waals surface area contributed by atoms with Gasteiger partial charge in [-0.3, -0.25) is 4.79 Å². The van der Waals surface area contributed by atoms with Gasteiger partial charge in [0.2, 0.25) is 11.8 Å². The van der Waals surface area contributed by atoms with Crippen LogP contribution in [0.4, 0.5) is 10.1 Å². The third-order valence-electron chi connectivity index (χ3n) is 3.64. The molecule has 0 fully saturated rings. The molecule has 2 aromatic rings. The summed E-state index contributed by atoms with van der Waals surface area (Å²) in [7, 11) is 1.54. The predicted molar refractivity (Wildman–Crippen MR) is 88.1 cm³/mol. The summed E-state index contributed by atoms with van der Waals surface area (Å²) in [5, 5.41) is 2.83. The molecule has 1 aromatic carbocycles. The lowest BCUT2D eigenvalue weighted by Crippen LogP contribution is -2.16. The number of carbonyl (C=O) groups is 1. The van der Waals surface area contributed by atoms with Gasteiger partial charge in [-0.2, -0.15) is 0 Å². The molecule has 1 heterocycles. The Balaban J connectivity index is 2.00. The molecule has 2 rings (SSSR count). The molecule has 1 N–H and O–H groups in total. The number of carbonyl (C=O) groups excluding carboxylic acids is 1. The smallest absolute Gasteiger partial charge is 0.225 e. The Kier molecular flexibility index (Phi) is 6.09. The Bertz CT molecular complexity index is 626. The van der Waals surface area contributed by atoms with Gasteiger partial charge in [-0.1, -0.05) is 25.5 Å². The fourth-order valence-electron chi connectivity index (χ4n) is 2.48. The zero-order chi connectivity index (χ0) is 16.7. The number of methoxy groups -OCH3 is 1. The summed E-state index contributed by atoms with van der Waals surface area (Å²) in [5.74, 6) is 0.225. The second kappa shape index (κ2) is 8.27. The van der Waals surface area contributed by atoms with E-state index in [1.807, 2.05) is 0 Å². The standard InChI is InChI=1S/C18H21FN2O2/c1-3-4-14(13-5-7-15(19)8-6-13)11-17(22)21-16-9-10-18(23-2)20-12-16/h5-10,12,14H,3-4,11H2,1-2H3,(H,21,22). The average molecular weight is 316 g/mol. The molecule has 1 atom stereocenters. The van der Waals surface area contributed by atoms with Crippen molar-refractivity contribution in [1.82, 2.24) is 4.98 Å². The van der Waals surface area contributed by atoms with Crippen LogP contribution in [0.15, 0.2) is 42.6 Å². The number of pyridine rings is 1. The lowest BCUT2D eigenvalue weighted by molar-refractivity contribution is -0.116. The number of benzene rings is 1. The maximum Gasteiger partial charge on any atom is 0.225 e. The van der Waals surface area contributed by atoms with Gasteiger partial charge in [0.25, 0.3) is 0 Å². The van der Waals surface area contributed by atoms with Crippen molar-refractivity contribution in [3.05, 3.63) is 54.0 Å². The molecule has 0 spiro atoms. The van der Waals surface area contributed by atoms with E-state index < -0.39 is 0 Å². The number of amides is 1. The highest BCUT2D eigenvalue weighted by Crippen LogP contribution is 2.26. The quantitative estimate of drug-likeness (QED) is 0.835. The van der Waals surface area contributed by atoms with Gasteiger partial charge in [-0.05, 0) is 36.1 Å². The summed E-state index contributed by atoms with van der Waals surface area (Å²) >= 11 is 0. The number of nitrogens with zero attached hydrogens (tertiary/aromatic N) is 1. The molecule has 1 amide bonds. The SMILES string of the molecule is CCCC(CC(=O)Nc1ccc(OC)nc1)c1ccc(F)cc1. The van der Waals surface area contributed by atoms with E-state index in [1.54, 1.807) is 37.6 Å². The van der Waals surface area contributed by atoms with Crippen LogP contribution in [0.25, 0.3) is 0 Å². The maximum atomic E-state index is 13.1. The molecule has 0 saturated carbocycles. The van der Waals surface area contributed by atoms with Crippen LogP contribution in [0.3, 0.4) is 0 Å². The number of ether oxygens (including phenoxy) is 1. The first kappa shape index (κ1) is 16.9. The Morgan fingerprint density at radius 2 is 2.00 bits per heavy atom. The molecule has 0 radical (unpaired) electrons. The Morgan fingerprint density at radius 3 is 2.57 bits per heavy atom. The number of rotatable bonds is 7. The number of hydrogen-bond donors (Lipinski definition) is 1. The van der Waals surface area contributed by atoms with E-state index in [-0.39, 0.29) is 17.6 Å². The van der Waals surface area contributed by atoms with Gasteiger partial charge in [0, 0.05) is 12.5 Å². The van der Waals surface area contributed by atoms with Crippen molar-refractivity contribution in [1.29, 1.82) is 0 Å². The molecule has 23 heavy (non-hydrogen) atoms. The van der Waals surface area contributed by atoms with Crippen LogP contribution in [0.1, 0.15) is 37.7 Å². The van der Waals surface area contributed by atoms with Crippen molar-refractivity contribution in [3.63, 3.8) is 0 Å². The van der Waals surface area contributed by atoms with E-state index in [2.05, 4.69) is 17.2 Å². The zero-order valence-corrected chi connectivity index (χ0v) is 13.4. The minimum Gasteiger partial charge on any atom is -0.481 e. The number of aromatic nitrogens is 1. The summed E-state index contributed by atoms with van der Waals surface area (Å²) < 4.78 is 18.0. The zero-order valence-electron chi connectivity index (χ0n) is 13.4. The molecular formula is C18H21FN2O2. The summed E-state index contributed by atoms with van der Waals surface area (Å²) in [6.45, 7) is 2.07. The third kappa shape index (κ3) is 5.06. The average Bonchev–Trinajstić information content (AvgIpc) is 2.56. The van der Waals surface area contributed by atoms with Gasteiger partial charge in [-0.25, -0.2) is 9.37 Å². The summed E-state index contributed by atoms with van der Waals surface area (Å²) in [6, 6.07) is 9.80. The topological polar surface area (TPSA) is 51.2 Å². The van der Waals surface area contributed by atoms with Crippen LogP contribution in [0.5, 0.6) is 5.88 Å². The first-order valence-electron chi connectivity index (χ1n) is 7.67. The molecule has 122 valence electrons. The maximum absolute atomic E-state index is 13.1. The monoisotopic (exact) mass is 316 g/mol. The van der Waals surface area contributed by atoms with Crippen LogP contribution < -0.4 is 10.1 Å². The van der Waals surface area contributed by atoms with Crippen LogP contribution in [-0.4, -0.2) is 18.0 Å². The largest absolute Gasteiger partial charge is 0.481 e. The van der Waals surface area contributed by atoms with Crippen LogP contribution in [0.2, 0.25) is 0 Å². The van der Waals surface area contributed by atoms with E-state index in [4.69, 9.17) is 4.74 Å². The number of halogens is 1. The van der Waals surface area contributed by atoms with Gasteiger partial charge < -0.3 is 10.1 Å². The molecule has 0 aliphatic rings. The molecule has 0 saturated heterocycles. The van der Waals surface area contributed by atoms with E-state index in [0.29, 0.717) is 18.0 Å². The fraction of sp³-hybridized carbons (Fsp3) is 0.333. The van der Waals surface area contributed by atoms with Gasteiger partial charge in [0.15, 0.2) is 0 Å². The summed E-state index contributed by atoms with van der Waals surface area (Å²) in [5.41, 5.74) is 1.61. The lowest BCUT2D eigenvalue weighted by Gasteiger charge is -2.16. The summed E-state index contributed by atoms with van der Waals surface area (Å²) in [4.78, 5) is 16.3. The molecule has 4 nitrogen and oxygen atoms in total. The lowest BCUT2D eigenvalue weighted by atomic mass is 9.91. The molecule has 0 bridgehead atoms. The van der Waals surface area contributed by atoms with Gasteiger partial charge in [0.1, 0.15) is 5.82 Å². The van der Waals surface area contributed by atoms with E-state index in [9.17, 15) is 9.18 Å². The second-order valence-electron chi connectivity index (χ2n) is 5.38. The summed E-state index contributed by atoms with van der Waals surface area (Å²) in [6.07, 6.45) is 3.74. The first-order valence-corrected chi connectivity index (χ1v) is 7.67. The Morgan fingerprint density at radius 1 is 1.26 bits per heavy atom. The van der Waals surface area contributed by atoms with Gasteiger partial charge >= 0.3 is 0 Å². The molecule has 1 aromatic heterocycles. The highest BCUT2D eigenvalue weighted by atomic mass is 19.1. The number of anilines is 1. The first-order chi connectivity index (χ1) is 11.1. The van der Waals surface area contributed by atoms with Crippen LogP contribution >= 0.6 is 0 Å². The van der Waals surface area contributed by atoms with Crippen molar-refractivity contribution in [2.75, 3.05) is 12.4 Å². The van der Waals surface area contributed by atoms with E-state index >= 15 is 0 Å². The predicted octanol–water partition coefficient (Wildman–Crippen LogP) is 4.14. The number of nitrogens with one attached hydrogen (secondary N) is 1. The van der Waals surface area contributed by atoms with Crippen LogP contribution in [-0.2, 0) is 4.79 Å². The molecule has 1 unspecified atom stereocenters. The molecule has 0 aliphatic carbocycles. The van der Waals surface area contributed by atoms with Crippen molar-refractivity contribution in [3.8, 4) is 5.88 Å². The second-order valence-corrected chi connectivity index (χ2v) is 5.38. The van der Waals surface area contributed by atoms with Gasteiger partial charge in [-0.15, -0.1) is 0 Å². The van der Waals surface area contributed by atoms with E-state index in [0.717, 1.165) is 18.4 Å². The van der Waals surface area contributed by atoms with E-state index in [1.165, 1.54) is 12.1 Å². The third-order valence-corrected chi connectivity index (χ3v) is 3.64. The van der Waals surface area contributed by atoms with Crippen molar-refractivity contribution in [2.24, 2.45) is 0 Å². The Hall–Kier alpha value is -2.43. The molecular weight excluding hydrogens is 295 g/mol. The molecule has 0 aliphatic heterocycles. The minimum absolute atomic E-state index is 0.0757. The van der Waals surface area contributed by atoms with Gasteiger partial charge in [0.05, 0.1) is 19.0 Å². The fourth-order valence-corrected chi connectivity index (χ4v) is 2.48. The number of hydrogen-bond acceptors (Lipinski definition) is 3. The van der Waals surface area contributed by atoms with Crippen molar-refractivity contribution < 1.29 is 13.9 Å².